The molecule has 2 N–H and O–H groups in total. The Morgan fingerprint density at radius 3 is 2.50 bits per heavy atom. The zero-order chi connectivity index (χ0) is 21.3. The molecule has 158 valence electrons. The van der Waals surface area contributed by atoms with Crippen LogP contribution in [-0.2, 0) is 16.1 Å². The Morgan fingerprint density at radius 2 is 1.83 bits per heavy atom. The van der Waals surface area contributed by atoms with E-state index >= 15 is 0 Å². The standard InChI is InChI=1S/C24H29N3O3/c1-18(28)25-23(16-20-9-6-10-22(15-20)30-2)24(29)26-21-11-13-27(14-12-21)17-19-7-4-3-5-8-19/h3-10,15-16,21H,11-14,17H2,1-2H3,(H,25,28)(H,26,29)/b23-16+. The molecule has 1 fully saturated rings. The number of carbonyl (C=O) groups is 2. The topological polar surface area (TPSA) is 70.7 Å². The zero-order valence-corrected chi connectivity index (χ0v) is 17.6. The van der Waals surface area contributed by atoms with E-state index in [0.29, 0.717) is 5.75 Å². The Hall–Kier alpha value is -3.12. The lowest BCUT2D eigenvalue weighted by Gasteiger charge is -2.32. The highest BCUT2D eigenvalue weighted by Gasteiger charge is 2.22. The molecule has 1 aliphatic heterocycles. The van der Waals surface area contributed by atoms with E-state index < -0.39 is 0 Å². The molecule has 0 saturated carbocycles. The summed E-state index contributed by atoms with van der Waals surface area (Å²) >= 11 is 0. The highest BCUT2D eigenvalue weighted by molar-refractivity contribution is 6.01. The Balaban J connectivity index is 1.59. The molecule has 0 aliphatic carbocycles. The first kappa shape index (κ1) is 21.6. The SMILES string of the molecule is COc1cccc(/C=C(/NC(C)=O)C(=O)NC2CCN(Cc3ccccc3)CC2)c1. The maximum Gasteiger partial charge on any atom is 0.268 e. The molecular formula is C24H29N3O3. The van der Waals surface area contributed by atoms with Crippen LogP contribution < -0.4 is 15.4 Å². The molecule has 6 heteroatoms. The summed E-state index contributed by atoms with van der Waals surface area (Å²) in [6.07, 6.45) is 3.43. The fourth-order valence-corrected chi connectivity index (χ4v) is 3.59. The summed E-state index contributed by atoms with van der Waals surface area (Å²) in [5.41, 5.74) is 2.32. The second-order valence-corrected chi connectivity index (χ2v) is 7.53. The van der Waals surface area contributed by atoms with Gasteiger partial charge in [0.1, 0.15) is 11.4 Å². The molecule has 2 amide bonds. The van der Waals surface area contributed by atoms with Gasteiger partial charge in [-0.3, -0.25) is 14.5 Å². The van der Waals surface area contributed by atoms with E-state index in [2.05, 4.69) is 39.8 Å². The van der Waals surface area contributed by atoms with Crippen LogP contribution in [0.4, 0.5) is 0 Å². The van der Waals surface area contributed by atoms with Gasteiger partial charge < -0.3 is 15.4 Å². The lowest BCUT2D eigenvalue weighted by molar-refractivity contribution is -0.123. The van der Waals surface area contributed by atoms with Crippen LogP contribution in [0.25, 0.3) is 6.08 Å². The largest absolute Gasteiger partial charge is 0.497 e. The van der Waals surface area contributed by atoms with E-state index in [-0.39, 0.29) is 23.6 Å². The van der Waals surface area contributed by atoms with Crippen molar-refractivity contribution in [2.75, 3.05) is 20.2 Å². The second-order valence-electron chi connectivity index (χ2n) is 7.53. The van der Waals surface area contributed by atoms with Crippen molar-refractivity contribution in [1.82, 2.24) is 15.5 Å². The third-order valence-corrected chi connectivity index (χ3v) is 5.13. The molecule has 6 nitrogen and oxygen atoms in total. The number of rotatable bonds is 7. The molecule has 2 aromatic carbocycles. The first-order valence-electron chi connectivity index (χ1n) is 10.2. The lowest BCUT2D eigenvalue weighted by Crippen LogP contribution is -2.46. The second kappa shape index (κ2) is 10.6. The minimum Gasteiger partial charge on any atom is -0.497 e. The van der Waals surface area contributed by atoms with Crippen LogP contribution in [0.3, 0.4) is 0 Å². The highest BCUT2D eigenvalue weighted by atomic mass is 16.5. The molecule has 0 spiro atoms. The summed E-state index contributed by atoms with van der Waals surface area (Å²) in [6, 6.07) is 17.9. The Morgan fingerprint density at radius 1 is 1.10 bits per heavy atom. The van der Waals surface area contributed by atoms with Crippen LogP contribution in [0.1, 0.15) is 30.9 Å². The van der Waals surface area contributed by atoms with Gasteiger partial charge in [-0.05, 0) is 42.2 Å². The van der Waals surface area contributed by atoms with E-state index in [1.54, 1.807) is 13.2 Å². The molecule has 0 atom stereocenters. The fourth-order valence-electron chi connectivity index (χ4n) is 3.59. The normalized spacial score (nSPS) is 15.5. The van der Waals surface area contributed by atoms with Crippen LogP contribution in [0.2, 0.25) is 0 Å². The van der Waals surface area contributed by atoms with Crippen LogP contribution in [-0.4, -0.2) is 43.0 Å². The number of methoxy groups -OCH3 is 1. The van der Waals surface area contributed by atoms with Gasteiger partial charge in [-0.1, -0.05) is 42.5 Å². The Labute approximate surface area is 177 Å². The Kier molecular flexibility index (Phi) is 7.63. The summed E-state index contributed by atoms with van der Waals surface area (Å²) in [5, 5.41) is 5.73. The number of hydrogen-bond acceptors (Lipinski definition) is 4. The summed E-state index contributed by atoms with van der Waals surface area (Å²) < 4.78 is 5.23. The molecule has 0 unspecified atom stereocenters. The maximum absolute atomic E-state index is 12.8. The van der Waals surface area contributed by atoms with Crippen molar-refractivity contribution in [3.63, 3.8) is 0 Å². The molecular weight excluding hydrogens is 378 g/mol. The van der Waals surface area contributed by atoms with Crippen molar-refractivity contribution in [1.29, 1.82) is 0 Å². The van der Waals surface area contributed by atoms with Gasteiger partial charge in [0, 0.05) is 32.6 Å². The number of likely N-dealkylation sites (tertiary alicyclic amines) is 1. The van der Waals surface area contributed by atoms with Crippen molar-refractivity contribution in [2.24, 2.45) is 0 Å². The average Bonchev–Trinajstić information content (AvgIpc) is 2.75. The van der Waals surface area contributed by atoms with Gasteiger partial charge in [-0.15, -0.1) is 0 Å². The smallest absolute Gasteiger partial charge is 0.268 e. The van der Waals surface area contributed by atoms with Gasteiger partial charge in [0.2, 0.25) is 5.91 Å². The molecule has 0 aromatic heterocycles. The summed E-state index contributed by atoms with van der Waals surface area (Å²) in [7, 11) is 1.59. The van der Waals surface area contributed by atoms with Crippen LogP contribution in [0.15, 0.2) is 60.3 Å². The number of nitrogens with zero attached hydrogens (tertiary/aromatic N) is 1. The van der Waals surface area contributed by atoms with E-state index in [1.807, 2.05) is 30.3 Å². The molecule has 1 saturated heterocycles. The average molecular weight is 408 g/mol. The quantitative estimate of drug-likeness (QED) is 0.693. The number of carbonyl (C=O) groups excluding carboxylic acids is 2. The first-order valence-corrected chi connectivity index (χ1v) is 10.2. The minimum atomic E-state index is -0.281. The fraction of sp³-hybridized carbons (Fsp3) is 0.333. The highest BCUT2D eigenvalue weighted by Crippen LogP contribution is 2.17. The number of piperidine rings is 1. The zero-order valence-electron chi connectivity index (χ0n) is 17.6. The number of nitrogens with one attached hydrogen (secondary N) is 2. The summed E-state index contributed by atoms with van der Waals surface area (Å²) in [4.78, 5) is 26.9. The van der Waals surface area contributed by atoms with Crippen molar-refractivity contribution in [3.05, 3.63) is 71.4 Å². The van der Waals surface area contributed by atoms with Crippen LogP contribution in [0, 0.1) is 0 Å². The molecule has 3 rings (SSSR count). The van der Waals surface area contributed by atoms with Gasteiger partial charge in [-0.2, -0.15) is 0 Å². The van der Waals surface area contributed by atoms with Crippen LogP contribution >= 0.6 is 0 Å². The van der Waals surface area contributed by atoms with Crippen molar-refractivity contribution in [3.8, 4) is 5.75 Å². The van der Waals surface area contributed by atoms with E-state index in [9.17, 15) is 9.59 Å². The number of amides is 2. The molecule has 30 heavy (non-hydrogen) atoms. The lowest BCUT2D eigenvalue weighted by atomic mass is 10.0. The van der Waals surface area contributed by atoms with Gasteiger partial charge in [-0.25, -0.2) is 0 Å². The van der Waals surface area contributed by atoms with Crippen molar-refractivity contribution >= 4 is 17.9 Å². The van der Waals surface area contributed by atoms with E-state index in [1.165, 1.54) is 12.5 Å². The maximum atomic E-state index is 12.8. The van der Waals surface area contributed by atoms with E-state index in [4.69, 9.17) is 4.74 Å². The van der Waals surface area contributed by atoms with Crippen molar-refractivity contribution in [2.45, 2.75) is 32.4 Å². The number of hydrogen-bond donors (Lipinski definition) is 2. The van der Waals surface area contributed by atoms with E-state index in [0.717, 1.165) is 38.0 Å². The van der Waals surface area contributed by atoms with Gasteiger partial charge >= 0.3 is 0 Å². The predicted molar refractivity (Wildman–Crippen MR) is 118 cm³/mol. The van der Waals surface area contributed by atoms with Gasteiger partial charge in [0.05, 0.1) is 7.11 Å². The van der Waals surface area contributed by atoms with Crippen molar-refractivity contribution < 1.29 is 14.3 Å². The Bertz CT molecular complexity index is 888. The van der Waals surface area contributed by atoms with Gasteiger partial charge in [0.15, 0.2) is 0 Å². The number of benzene rings is 2. The molecule has 0 bridgehead atoms. The molecule has 1 heterocycles. The monoisotopic (exact) mass is 407 g/mol. The predicted octanol–water partition coefficient (Wildman–Crippen LogP) is 2.95. The third-order valence-electron chi connectivity index (χ3n) is 5.13. The minimum absolute atomic E-state index is 0.0898. The third kappa shape index (κ3) is 6.46. The van der Waals surface area contributed by atoms with Crippen LogP contribution in [0.5, 0.6) is 5.75 Å². The molecule has 2 aromatic rings. The molecule has 0 radical (unpaired) electrons. The van der Waals surface area contributed by atoms with Gasteiger partial charge in [0.25, 0.3) is 5.91 Å². The molecule has 1 aliphatic rings. The summed E-state index contributed by atoms with van der Waals surface area (Å²) in [6.45, 7) is 4.17. The first-order chi connectivity index (χ1) is 14.5. The summed E-state index contributed by atoms with van der Waals surface area (Å²) in [5.74, 6) is 0.142. The number of ether oxygens (including phenoxy) is 1.